The molecule has 5 heteroatoms. The Morgan fingerprint density at radius 1 is 1.12 bits per heavy atom. The number of anilines is 1. The van der Waals surface area contributed by atoms with Crippen LogP contribution in [0.1, 0.15) is 35.3 Å². The first-order valence-corrected chi connectivity index (χ1v) is 8.41. The van der Waals surface area contributed by atoms with E-state index in [9.17, 15) is 14.0 Å². The largest absolute Gasteiger partial charge is 0.338 e. The SMILES string of the molecule is CC(C)C(=O)N1CCc2ccc(NC(=O)c3cccc(F)c3)cc2C1. The molecular formula is C20H21FN2O2. The maximum atomic E-state index is 13.3. The van der Waals surface area contributed by atoms with E-state index in [-0.39, 0.29) is 23.3 Å². The number of halogens is 1. The van der Waals surface area contributed by atoms with Crippen molar-refractivity contribution < 1.29 is 14.0 Å². The highest BCUT2D eigenvalue weighted by Gasteiger charge is 2.22. The van der Waals surface area contributed by atoms with Crippen LogP contribution in [-0.2, 0) is 17.8 Å². The number of carbonyl (C=O) groups excluding carboxylic acids is 2. The van der Waals surface area contributed by atoms with Crippen LogP contribution in [0.2, 0.25) is 0 Å². The van der Waals surface area contributed by atoms with Gasteiger partial charge in [0, 0.05) is 30.3 Å². The highest BCUT2D eigenvalue weighted by atomic mass is 19.1. The molecule has 4 nitrogen and oxygen atoms in total. The van der Waals surface area contributed by atoms with Gasteiger partial charge in [-0.05, 0) is 47.9 Å². The Bertz CT molecular complexity index is 817. The molecule has 1 aliphatic heterocycles. The molecule has 0 atom stereocenters. The molecule has 0 fully saturated rings. The van der Waals surface area contributed by atoms with Crippen molar-refractivity contribution in [2.75, 3.05) is 11.9 Å². The van der Waals surface area contributed by atoms with Crippen molar-refractivity contribution in [3.05, 3.63) is 65.0 Å². The van der Waals surface area contributed by atoms with Gasteiger partial charge in [-0.2, -0.15) is 0 Å². The van der Waals surface area contributed by atoms with E-state index >= 15 is 0 Å². The predicted octanol–water partition coefficient (Wildman–Crippen LogP) is 3.62. The molecule has 0 bridgehead atoms. The number of fused-ring (bicyclic) bond motifs is 1. The summed E-state index contributed by atoms with van der Waals surface area (Å²) in [6.07, 6.45) is 0.811. The maximum Gasteiger partial charge on any atom is 0.255 e. The van der Waals surface area contributed by atoms with Crippen molar-refractivity contribution in [1.29, 1.82) is 0 Å². The average molecular weight is 340 g/mol. The first-order valence-electron chi connectivity index (χ1n) is 8.41. The van der Waals surface area contributed by atoms with E-state index in [0.29, 0.717) is 12.2 Å². The van der Waals surface area contributed by atoms with E-state index in [1.54, 1.807) is 6.07 Å². The van der Waals surface area contributed by atoms with Crippen LogP contribution in [0, 0.1) is 11.7 Å². The molecule has 2 aromatic rings. The van der Waals surface area contributed by atoms with Gasteiger partial charge in [-0.1, -0.05) is 26.0 Å². The summed E-state index contributed by atoms with van der Waals surface area (Å²) >= 11 is 0. The minimum Gasteiger partial charge on any atom is -0.338 e. The Kier molecular flexibility index (Phi) is 4.83. The quantitative estimate of drug-likeness (QED) is 0.928. The van der Waals surface area contributed by atoms with Crippen LogP contribution >= 0.6 is 0 Å². The van der Waals surface area contributed by atoms with Gasteiger partial charge < -0.3 is 10.2 Å². The Morgan fingerprint density at radius 2 is 1.92 bits per heavy atom. The monoisotopic (exact) mass is 340 g/mol. The van der Waals surface area contributed by atoms with Gasteiger partial charge in [0.15, 0.2) is 0 Å². The van der Waals surface area contributed by atoms with E-state index in [1.165, 1.54) is 23.8 Å². The number of benzene rings is 2. The third kappa shape index (κ3) is 3.87. The summed E-state index contributed by atoms with van der Waals surface area (Å²) in [6.45, 7) is 5.07. The molecule has 0 unspecified atom stereocenters. The molecule has 2 amide bonds. The smallest absolute Gasteiger partial charge is 0.255 e. The van der Waals surface area contributed by atoms with E-state index in [4.69, 9.17) is 0 Å². The Morgan fingerprint density at radius 3 is 2.64 bits per heavy atom. The van der Waals surface area contributed by atoms with Gasteiger partial charge in [0.25, 0.3) is 5.91 Å². The Labute approximate surface area is 146 Å². The molecule has 0 aromatic heterocycles. The molecule has 1 N–H and O–H groups in total. The van der Waals surface area contributed by atoms with Gasteiger partial charge in [0.05, 0.1) is 0 Å². The van der Waals surface area contributed by atoms with Crippen molar-refractivity contribution in [1.82, 2.24) is 4.90 Å². The molecule has 0 saturated heterocycles. The van der Waals surface area contributed by atoms with Gasteiger partial charge >= 0.3 is 0 Å². The highest BCUT2D eigenvalue weighted by molar-refractivity contribution is 6.04. The molecule has 1 aliphatic rings. The van der Waals surface area contributed by atoms with Gasteiger partial charge in [-0.25, -0.2) is 4.39 Å². The lowest BCUT2D eigenvalue weighted by Crippen LogP contribution is -2.38. The van der Waals surface area contributed by atoms with E-state index in [2.05, 4.69) is 5.32 Å². The fraction of sp³-hybridized carbons (Fsp3) is 0.300. The van der Waals surface area contributed by atoms with Crippen molar-refractivity contribution in [2.24, 2.45) is 5.92 Å². The van der Waals surface area contributed by atoms with Crippen LogP contribution in [-0.4, -0.2) is 23.3 Å². The fourth-order valence-corrected chi connectivity index (χ4v) is 3.02. The minimum absolute atomic E-state index is 0.0302. The van der Waals surface area contributed by atoms with E-state index in [1.807, 2.05) is 36.9 Å². The second-order valence-corrected chi connectivity index (χ2v) is 6.61. The lowest BCUT2D eigenvalue weighted by atomic mass is 9.98. The van der Waals surface area contributed by atoms with Crippen molar-refractivity contribution in [3.63, 3.8) is 0 Å². The fourth-order valence-electron chi connectivity index (χ4n) is 3.02. The summed E-state index contributed by atoms with van der Waals surface area (Å²) in [6, 6.07) is 11.3. The molecule has 0 spiro atoms. The summed E-state index contributed by atoms with van der Waals surface area (Å²) in [4.78, 5) is 26.3. The third-order valence-corrected chi connectivity index (χ3v) is 4.37. The minimum atomic E-state index is -0.444. The van der Waals surface area contributed by atoms with E-state index in [0.717, 1.165) is 18.5 Å². The standard InChI is InChI=1S/C20H21FN2O2/c1-13(2)20(25)23-9-8-14-6-7-18(11-16(14)12-23)22-19(24)15-4-3-5-17(21)10-15/h3-7,10-11,13H,8-9,12H2,1-2H3,(H,22,24). The number of nitrogens with one attached hydrogen (secondary N) is 1. The summed E-state index contributed by atoms with van der Waals surface area (Å²) in [5.74, 6) is -0.691. The number of rotatable bonds is 3. The lowest BCUT2D eigenvalue weighted by Gasteiger charge is -2.30. The van der Waals surface area contributed by atoms with Crippen LogP contribution in [0.4, 0.5) is 10.1 Å². The average Bonchev–Trinajstić information content (AvgIpc) is 2.60. The maximum absolute atomic E-state index is 13.3. The number of hydrogen-bond acceptors (Lipinski definition) is 2. The van der Waals surface area contributed by atoms with Crippen LogP contribution in [0.5, 0.6) is 0 Å². The first kappa shape index (κ1) is 17.1. The number of hydrogen-bond donors (Lipinski definition) is 1. The zero-order valence-corrected chi connectivity index (χ0v) is 14.4. The van der Waals surface area contributed by atoms with Crippen LogP contribution in [0.15, 0.2) is 42.5 Å². The summed E-state index contributed by atoms with van der Waals surface area (Å²) in [7, 11) is 0. The number of amides is 2. The molecule has 2 aromatic carbocycles. The molecule has 1 heterocycles. The normalized spacial score (nSPS) is 13.5. The number of carbonyl (C=O) groups is 2. The zero-order chi connectivity index (χ0) is 18.0. The van der Waals surface area contributed by atoms with Gasteiger partial charge in [-0.15, -0.1) is 0 Å². The Hall–Kier alpha value is -2.69. The van der Waals surface area contributed by atoms with Crippen LogP contribution < -0.4 is 5.32 Å². The molecule has 0 radical (unpaired) electrons. The van der Waals surface area contributed by atoms with Crippen molar-refractivity contribution in [2.45, 2.75) is 26.8 Å². The second-order valence-electron chi connectivity index (χ2n) is 6.61. The van der Waals surface area contributed by atoms with Crippen LogP contribution in [0.3, 0.4) is 0 Å². The summed E-state index contributed by atoms with van der Waals surface area (Å²) in [5, 5.41) is 2.79. The lowest BCUT2D eigenvalue weighted by molar-refractivity contribution is -0.135. The summed E-state index contributed by atoms with van der Waals surface area (Å²) < 4.78 is 13.3. The second kappa shape index (κ2) is 7.05. The van der Waals surface area contributed by atoms with Gasteiger partial charge in [0.1, 0.15) is 5.82 Å². The number of nitrogens with zero attached hydrogens (tertiary/aromatic N) is 1. The van der Waals surface area contributed by atoms with Gasteiger partial charge in [-0.3, -0.25) is 9.59 Å². The predicted molar refractivity (Wildman–Crippen MR) is 94.8 cm³/mol. The van der Waals surface area contributed by atoms with Gasteiger partial charge in [0.2, 0.25) is 5.91 Å². The zero-order valence-electron chi connectivity index (χ0n) is 14.4. The van der Waals surface area contributed by atoms with Crippen molar-refractivity contribution >= 4 is 17.5 Å². The topological polar surface area (TPSA) is 49.4 Å². The third-order valence-electron chi connectivity index (χ3n) is 4.37. The molecule has 25 heavy (non-hydrogen) atoms. The highest BCUT2D eigenvalue weighted by Crippen LogP contribution is 2.24. The summed E-state index contributed by atoms with van der Waals surface area (Å²) in [5.41, 5.74) is 3.15. The molecule has 0 saturated carbocycles. The van der Waals surface area contributed by atoms with Crippen molar-refractivity contribution in [3.8, 4) is 0 Å². The molecule has 3 rings (SSSR count). The molecular weight excluding hydrogens is 319 g/mol. The van der Waals surface area contributed by atoms with E-state index < -0.39 is 5.82 Å². The molecule has 130 valence electrons. The molecule has 0 aliphatic carbocycles. The first-order chi connectivity index (χ1) is 11.9. The van der Waals surface area contributed by atoms with Crippen LogP contribution in [0.25, 0.3) is 0 Å². The Balaban J connectivity index is 1.76.